The molecule has 1 unspecified atom stereocenters. The van der Waals surface area contributed by atoms with E-state index in [0.717, 1.165) is 32.3 Å². The van der Waals surface area contributed by atoms with Crippen LogP contribution in [0.2, 0.25) is 0 Å². The second kappa shape index (κ2) is 6.06. The lowest BCUT2D eigenvalue weighted by atomic mass is 10.1. The minimum atomic E-state index is -0.387. The molecule has 19 heavy (non-hydrogen) atoms. The van der Waals surface area contributed by atoms with Crippen molar-refractivity contribution < 1.29 is 4.74 Å². The van der Waals surface area contributed by atoms with Gasteiger partial charge in [-0.05, 0) is 32.6 Å². The smallest absolute Gasteiger partial charge is 0.331 e. The lowest BCUT2D eigenvalue weighted by Crippen LogP contribution is -2.40. The number of aryl methyl sites for hydroxylation is 1. The zero-order valence-electron chi connectivity index (χ0n) is 11.3. The zero-order valence-corrected chi connectivity index (χ0v) is 11.3. The molecular formula is C13H21N3O3. The zero-order chi connectivity index (χ0) is 13.8. The van der Waals surface area contributed by atoms with Crippen molar-refractivity contribution in [3.05, 3.63) is 27.0 Å². The Morgan fingerprint density at radius 1 is 1.47 bits per heavy atom. The molecule has 1 aromatic heterocycles. The molecule has 2 heterocycles. The van der Waals surface area contributed by atoms with Gasteiger partial charge in [0.15, 0.2) is 0 Å². The van der Waals surface area contributed by atoms with Gasteiger partial charge in [-0.2, -0.15) is 0 Å². The van der Waals surface area contributed by atoms with E-state index in [1.807, 2.05) is 6.92 Å². The SMILES string of the molecule is CCn1cc(N)c(=O)n(CCCC2CCCO2)c1=O. The van der Waals surface area contributed by atoms with Crippen LogP contribution in [0.15, 0.2) is 15.8 Å². The van der Waals surface area contributed by atoms with E-state index in [1.165, 1.54) is 15.3 Å². The molecule has 1 aliphatic rings. The largest absolute Gasteiger partial charge is 0.393 e. The van der Waals surface area contributed by atoms with Crippen LogP contribution < -0.4 is 17.0 Å². The van der Waals surface area contributed by atoms with Crippen LogP contribution in [-0.4, -0.2) is 21.8 Å². The molecular weight excluding hydrogens is 246 g/mol. The highest BCUT2D eigenvalue weighted by atomic mass is 16.5. The summed E-state index contributed by atoms with van der Waals surface area (Å²) < 4.78 is 8.22. The van der Waals surface area contributed by atoms with E-state index >= 15 is 0 Å². The predicted octanol–water partition coefficient (Wildman–Crippen LogP) is 0.571. The van der Waals surface area contributed by atoms with Crippen LogP contribution in [0.25, 0.3) is 0 Å². The summed E-state index contributed by atoms with van der Waals surface area (Å²) in [6, 6.07) is 0. The van der Waals surface area contributed by atoms with Crippen LogP contribution in [0.4, 0.5) is 5.69 Å². The minimum absolute atomic E-state index is 0.124. The number of hydrogen-bond acceptors (Lipinski definition) is 4. The molecule has 0 bridgehead atoms. The molecule has 6 nitrogen and oxygen atoms in total. The van der Waals surface area contributed by atoms with E-state index in [1.54, 1.807) is 0 Å². The fraction of sp³-hybridized carbons (Fsp3) is 0.692. The van der Waals surface area contributed by atoms with Crippen molar-refractivity contribution in [1.82, 2.24) is 9.13 Å². The number of aromatic nitrogens is 2. The van der Waals surface area contributed by atoms with E-state index in [2.05, 4.69) is 0 Å². The molecule has 1 saturated heterocycles. The van der Waals surface area contributed by atoms with Crippen LogP contribution in [0.1, 0.15) is 32.6 Å². The van der Waals surface area contributed by atoms with Gasteiger partial charge in [-0.1, -0.05) is 0 Å². The van der Waals surface area contributed by atoms with Gasteiger partial charge in [0.25, 0.3) is 5.56 Å². The fourth-order valence-electron chi connectivity index (χ4n) is 2.45. The van der Waals surface area contributed by atoms with E-state index in [0.29, 0.717) is 13.1 Å². The summed E-state index contributed by atoms with van der Waals surface area (Å²) in [5.41, 5.74) is 5.10. The Morgan fingerprint density at radius 2 is 2.26 bits per heavy atom. The molecule has 1 fully saturated rings. The van der Waals surface area contributed by atoms with Crippen molar-refractivity contribution in [3.8, 4) is 0 Å². The number of anilines is 1. The molecule has 1 aromatic rings. The molecule has 6 heteroatoms. The van der Waals surface area contributed by atoms with Gasteiger partial charge >= 0.3 is 5.69 Å². The highest BCUT2D eigenvalue weighted by Gasteiger charge is 2.15. The van der Waals surface area contributed by atoms with Crippen molar-refractivity contribution in [2.45, 2.75) is 51.8 Å². The molecule has 0 radical (unpaired) electrons. The number of nitrogens with two attached hydrogens (primary N) is 1. The van der Waals surface area contributed by atoms with Crippen LogP contribution in [0.3, 0.4) is 0 Å². The lowest BCUT2D eigenvalue weighted by molar-refractivity contribution is 0.101. The van der Waals surface area contributed by atoms with Gasteiger partial charge in [-0.15, -0.1) is 0 Å². The molecule has 0 aromatic carbocycles. The summed E-state index contributed by atoms with van der Waals surface area (Å²) in [5, 5.41) is 0. The normalized spacial score (nSPS) is 18.9. The van der Waals surface area contributed by atoms with Crippen molar-refractivity contribution in [2.75, 3.05) is 12.3 Å². The molecule has 0 aliphatic carbocycles. The molecule has 1 aliphatic heterocycles. The van der Waals surface area contributed by atoms with Crippen LogP contribution >= 0.6 is 0 Å². The molecule has 2 rings (SSSR count). The number of ether oxygens (including phenoxy) is 1. The highest BCUT2D eigenvalue weighted by molar-refractivity contribution is 5.30. The van der Waals surface area contributed by atoms with Gasteiger partial charge in [0.2, 0.25) is 0 Å². The van der Waals surface area contributed by atoms with E-state index < -0.39 is 0 Å². The Balaban J connectivity index is 2.08. The molecule has 2 N–H and O–H groups in total. The molecule has 1 atom stereocenters. The van der Waals surface area contributed by atoms with E-state index in [9.17, 15) is 9.59 Å². The average molecular weight is 267 g/mol. The third kappa shape index (κ3) is 3.07. The Bertz CT molecular complexity index is 541. The third-order valence-corrected chi connectivity index (χ3v) is 3.54. The summed E-state index contributed by atoms with van der Waals surface area (Å²) >= 11 is 0. The second-order valence-electron chi connectivity index (χ2n) is 4.89. The van der Waals surface area contributed by atoms with Gasteiger partial charge in [0.05, 0.1) is 6.10 Å². The number of nitrogen functional groups attached to an aromatic ring is 1. The average Bonchev–Trinajstić information content (AvgIpc) is 2.91. The minimum Gasteiger partial charge on any atom is -0.393 e. The van der Waals surface area contributed by atoms with Gasteiger partial charge in [-0.25, -0.2) is 4.79 Å². The van der Waals surface area contributed by atoms with Crippen molar-refractivity contribution in [2.24, 2.45) is 0 Å². The number of hydrogen-bond donors (Lipinski definition) is 1. The van der Waals surface area contributed by atoms with Gasteiger partial charge in [-0.3, -0.25) is 13.9 Å². The molecule has 0 saturated carbocycles. The maximum atomic E-state index is 12.0. The van der Waals surface area contributed by atoms with Gasteiger partial charge in [0, 0.05) is 25.9 Å². The lowest BCUT2D eigenvalue weighted by Gasteiger charge is -2.12. The summed E-state index contributed by atoms with van der Waals surface area (Å²) in [5.74, 6) is 0. The monoisotopic (exact) mass is 267 g/mol. The van der Waals surface area contributed by atoms with Crippen LogP contribution in [0, 0.1) is 0 Å². The molecule has 0 amide bonds. The first-order valence-electron chi connectivity index (χ1n) is 6.85. The first kappa shape index (κ1) is 13.9. The summed E-state index contributed by atoms with van der Waals surface area (Å²) in [4.78, 5) is 23.9. The van der Waals surface area contributed by atoms with E-state index in [4.69, 9.17) is 10.5 Å². The first-order chi connectivity index (χ1) is 9.13. The first-order valence-corrected chi connectivity index (χ1v) is 6.85. The van der Waals surface area contributed by atoms with Crippen molar-refractivity contribution >= 4 is 5.69 Å². The van der Waals surface area contributed by atoms with E-state index in [-0.39, 0.29) is 23.0 Å². The molecule has 106 valence electrons. The van der Waals surface area contributed by atoms with Crippen molar-refractivity contribution in [3.63, 3.8) is 0 Å². The quantitative estimate of drug-likeness (QED) is 0.846. The Kier molecular flexibility index (Phi) is 4.42. The van der Waals surface area contributed by atoms with Crippen molar-refractivity contribution in [1.29, 1.82) is 0 Å². The standard InChI is InChI=1S/C13H21N3O3/c1-2-15-9-11(14)12(17)16(13(15)18)7-3-5-10-6-4-8-19-10/h9-10H,2-8,14H2,1H3. The third-order valence-electron chi connectivity index (χ3n) is 3.54. The highest BCUT2D eigenvalue weighted by Crippen LogP contribution is 2.16. The topological polar surface area (TPSA) is 79.2 Å². The predicted molar refractivity (Wildman–Crippen MR) is 73.3 cm³/mol. The maximum Gasteiger partial charge on any atom is 0.331 e. The van der Waals surface area contributed by atoms with Crippen LogP contribution in [-0.2, 0) is 17.8 Å². The Hall–Kier alpha value is -1.56. The fourth-order valence-corrected chi connectivity index (χ4v) is 2.45. The van der Waals surface area contributed by atoms with Gasteiger partial charge in [0.1, 0.15) is 5.69 Å². The summed E-state index contributed by atoms with van der Waals surface area (Å²) in [7, 11) is 0. The number of nitrogens with zero attached hydrogens (tertiary/aromatic N) is 2. The maximum absolute atomic E-state index is 12.0. The van der Waals surface area contributed by atoms with Gasteiger partial charge < -0.3 is 10.5 Å². The Morgan fingerprint density at radius 3 is 2.89 bits per heavy atom. The molecule has 0 spiro atoms. The summed E-state index contributed by atoms with van der Waals surface area (Å²) in [6.45, 7) is 3.59. The number of rotatable bonds is 5. The second-order valence-corrected chi connectivity index (χ2v) is 4.89. The summed E-state index contributed by atoms with van der Waals surface area (Å²) in [6.07, 6.45) is 5.52. The van der Waals surface area contributed by atoms with Crippen LogP contribution in [0.5, 0.6) is 0 Å². The Labute approximate surface area is 111 Å².